The van der Waals surface area contributed by atoms with E-state index >= 15 is 0 Å². The van der Waals surface area contributed by atoms with Gasteiger partial charge in [-0.05, 0) is 17.7 Å². The third-order valence-electron chi connectivity index (χ3n) is 2.05. The number of benzene rings is 1. The minimum Gasteiger partial charge on any atom is -0.355 e. The second-order valence-corrected chi connectivity index (χ2v) is 3.60. The molecule has 0 spiro atoms. The molecule has 0 fully saturated rings. The molecule has 0 aliphatic carbocycles. The maximum absolute atomic E-state index is 5.86. The van der Waals surface area contributed by atoms with Crippen LogP contribution in [0, 0.1) is 0 Å². The van der Waals surface area contributed by atoms with Gasteiger partial charge in [-0.2, -0.15) is 0 Å². The normalized spacial score (nSPS) is 10.9. The molecule has 15 heavy (non-hydrogen) atoms. The average Bonchev–Trinajstić information content (AvgIpc) is 2.25. The van der Waals surface area contributed by atoms with Gasteiger partial charge in [0.2, 0.25) is 0 Å². The number of nitrogens with one attached hydrogen (secondary N) is 1. The number of hydrogen-bond donors (Lipinski definition) is 1. The van der Waals surface area contributed by atoms with Crippen LogP contribution in [0.5, 0.6) is 0 Å². The Morgan fingerprint density at radius 1 is 1.33 bits per heavy atom. The first-order chi connectivity index (χ1) is 7.26. The first kappa shape index (κ1) is 12.5. The second kappa shape index (κ2) is 6.80. The Morgan fingerprint density at radius 3 is 2.67 bits per heavy atom. The zero-order valence-corrected chi connectivity index (χ0v) is 9.75. The fraction of sp³-hybridized carbons (Fsp3) is 0.455. The first-order valence-electron chi connectivity index (χ1n) is 4.77. The monoisotopic (exact) mass is 229 g/mol. The summed E-state index contributed by atoms with van der Waals surface area (Å²) in [6.07, 6.45) is -0.204. The number of hydrogen-bond acceptors (Lipinski definition) is 3. The van der Waals surface area contributed by atoms with Crippen LogP contribution >= 0.6 is 11.6 Å². The van der Waals surface area contributed by atoms with Crippen LogP contribution in [0.25, 0.3) is 0 Å². The van der Waals surface area contributed by atoms with E-state index in [4.69, 9.17) is 21.1 Å². The molecule has 0 saturated carbocycles. The maximum Gasteiger partial charge on any atom is 0.169 e. The summed E-state index contributed by atoms with van der Waals surface area (Å²) in [6, 6.07) is 7.75. The van der Waals surface area contributed by atoms with Crippen molar-refractivity contribution in [2.24, 2.45) is 0 Å². The van der Waals surface area contributed by atoms with E-state index in [0.29, 0.717) is 6.54 Å². The molecule has 1 aromatic rings. The Bertz CT molecular complexity index is 290. The fourth-order valence-corrected chi connectivity index (χ4v) is 1.46. The predicted molar refractivity (Wildman–Crippen MR) is 61.0 cm³/mol. The van der Waals surface area contributed by atoms with Crippen LogP contribution < -0.4 is 5.32 Å². The first-order valence-corrected chi connectivity index (χ1v) is 5.15. The van der Waals surface area contributed by atoms with Gasteiger partial charge in [-0.25, -0.2) is 0 Å². The molecule has 4 heteroatoms. The van der Waals surface area contributed by atoms with Gasteiger partial charge in [0.1, 0.15) is 0 Å². The Balaban J connectivity index is 2.31. The van der Waals surface area contributed by atoms with Crippen LogP contribution in [-0.2, 0) is 16.0 Å². The summed E-state index contributed by atoms with van der Waals surface area (Å²) in [5.74, 6) is 0. The fourth-order valence-electron chi connectivity index (χ4n) is 1.24. The summed E-state index contributed by atoms with van der Waals surface area (Å²) in [5.41, 5.74) is 1.15. The highest BCUT2D eigenvalue weighted by atomic mass is 35.5. The van der Waals surface area contributed by atoms with E-state index in [2.05, 4.69) is 5.32 Å². The van der Waals surface area contributed by atoms with Crippen molar-refractivity contribution >= 4 is 11.6 Å². The predicted octanol–water partition coefficient (Wildman–Crippen LogP) is 2.05. The molecule has 0 saturated heterocycles. The summed E-state index contributed by atoms with van der Waals surface area (Å²) in [7, 11) is 3.24. The van der Waals surface area contributed by atoms with Crippen molar-refractivity contribution in [1.29, 1.82) is 0 Å². The smallest absolute Gasteiger partial charge is 0.169 e. The highest BCUT2D eigenvalue weighted by Crippen LogP contribution is 2.10. The van der Waals surface area contributed by atoms with Crippen molar-refractivity contribution < 1.29 is 9.47 Å². The van der Waals surface area contributed by atoms with Gasteiger partial charge in [-0.15, -0.1) is 0 Å². The summed E-state index contributed by atoms with van der Waals surface area (Å²) >= 11 is 5.86. The zero-order valence-electron chi connectivity index (χ0n) is 9.00. The molecule has 1 N–H and O–H groups in total. The van der Waals surface area contributed by atoms with Crippen molar-refractivity contribution in [2.75, 3.05) is 20.8 Å². The Hall–Kier alpha value is -0.610. The molecule has 0 radical (unpaired) electrons. The van der Waals surface area contributed by atoms with Gasteiger partial charge in [0.15, 0.2) is 6.29 Å². The van der Waals surface area contributed by atoms with Gasteiger partial charge in [-0.3, -0.25) is 0 Å². The van der Waals surface area contributed by atoms with Gasteiger partial charge < -0.3 is 14.8 Å². The lowest BCUT2D eigenvalue weighted by atomic mass is 10.2. The Kier molecular flexibility index (Phi) is 5.65. The molecule has 84 valence electrons. The van der Waals surface area contributed by atoms with E-state index in [1.54, 1.807) is 14.2 Å². The zero-order chi connectivity index (χ0) is 11.1. The summed E-state index contributed by atoms with van der Waals surface area (Å²) in [5, 5.41) is 3.98. The summed E-state index contributed by atoms with van der Waals surface area (Å²) < 4.78 is 10.1. The van der Waals surface area contributed by atoms with Crippen molar-refractivity contribution in [3.8, 4) is 0 Å². The molecule has 0 amide bonds. The standard InChI is InChI=1S/C11H16ClNO2/c1-14-11(15-2)8-13-7-9-4-3-5-10(12)6-9/h3-6,11,13H,7-8H2,1-2H3. The largest absolute Gasteiger partial charge is 0.355 e. The highest BCUT2D eigenvalue weighted by Gasteiger charge is 2.03. The number of halogens is 1. The molecule has 1 aromatic carbocycles. The number of ether oxygens (including phenoxy) is 2. The van der Waals surface area contributed by atoms with Crippen LogP contribution in [0.2, 0.25) is 5.02 Å². The van der Waals surface area contributed by atoms with Crippen molar-refractivity contribution in [1.82, 2.24) is 5.32 Å². The van der Waals surface area contributed by atoms with Crippen molar-refractivity contribution in [2.45, 2.75) is 12.8 Å². The second-order valence-electron chi connectivity index (χ2n) is 3.16. The molecule has 0 aliphatic heterocycles. The molecule has 0 heterocycles. The Morgan fingerprint density at radius 2 is 2.07 bits per heavy atom. The van der Waals surface area contributed by atoms with Gasteiger partial charge in [0, 0.05) is 32.3 Å². The minimum absolute atomic E-state index is 0.204. The lowest BCUT2D eigenvalue weighted by molar-refractivity contribution is -0.0989. The maximum atomic E-state index is 5.86. The van der Waals surface area contributed by atoms with E-state index in [0.717, 1.165) is 17.1 Å². The summed E-state index contributed by atoms with van der Waals surface area (Å²) in [4.78, 5) is 0. The van der Waals surface area contributed by atoms with E-state index < -0.39 is 0 Å². The van der Waals surface area contributed by atoms with E-state index in [1.165, 1.54) is 0 Å². The molecule has 3 nitrogen and oxygen atoms in total. The van der Waals surface area contributed by atoms with Crippen LogP contribution in [0.15, 0.2) is 24.3 Å². The van der Waals surface area contributed by atoms with Crippen molar-refractivity contribution in [3.63, 3.8) is 0 Å². The topological polar surface area (TPSA) is 30.5 Å². The molecule has 0 bridgehead atoms. The SMILES string of the molecule is COC(CNCc1cccc(Cl)c1)OC. The quantitative estimate of drug-likeness (QED) is 0.758. The number of rotatable bonds is 6. The van der Waals surface area contributed by atoms with Crippen LogP contribution in [0.3, 0.4) is 0 Å². The molecular weight excluding hydrogens is 214 g/mol. The van der Waals surface area contributed by atoms with E-state index in [1.807, 2.05) is 24.3 Å². The van der Waals surface area contributed by atoms with Crippen molar-refractivity contribution in [3.05, 3.63) is 34.9 Å². The third kappa shape index (κ3) is 4.62. The highest BCUT2D eigenvalue weighted by molar-refractivity contribution is 6.30. The lowest BCUT2D eigenvalue weighted by Crippen LogP contribution is -2.29. The molecule has 0 aromatic heterocycles. The van der Waals surface area contributed by atoms with Gasteiger partial charge in [0.25, 0.3) is 0 Å². The van der Waals surface area contributed by atoms with E-state index in [9.17, 15) is 0 Å². The Labute approximate surface area is 95.3 Å². The van der Waals surface area contributed by atoms with E-state index in [-0.39, 0.29) is 6.29 Å². The van der Waals surface area contributed by atoms with Crippen LogP contribution in [-0.4, -0.2) is 27.1 Å². The molecule has 0 aliphatic rings. The average molecular weight is 230 g/mol. The van der Waals surface area contributed by atoms with Gasteiger partial charge in [0.05, 0.1) is 0 Å². The number of methoxy groups -OCH3 is 2. The minimum atomic E-state index is -0.204. The molecule has 0 atom stereocenters. The van der Waals surface area contributed by atoms with Gasteiger partial charge in [-0.1, -0.05) is 23.7 Å². The van der Waals surface area contributed by atoms with Crippen LogP contribution in [0.4, 0.5) is 0 Å². The summed E-state index contributed by atoms with van der Waals surface area (Å²) in [6.45, 7) is 1.41. The lowest BCUT2D eigenvalue weighted by Gasteiger charge is -2.13. The van der Waals surface area contributed by atoms with Crippen LogP contribution in [0.1, 0.15) is 5.56 Å². The molecule has 1 rings (SSSR count). The third-order valence-corrected chi connectivity index (χ3v) is 2.29. The molecular formula is C11H16ClNO2. The van der Waals surface area contributed by atoms with Gasteiger partial charge >= 0.3 is 0 Å². The molecule has 0 unspecified atom stereocenters.